The molecule has 18 heavy (non-hydrogen) atoms. The second-order valence-electron chi connectivity index (χ2n) is 5.48. The van der Waals surface area contributed by atoms with Crippen LogP contribution in [0, 0.1) is 5.92 Å². The summed E-state index contributed by atoms with van der Waals surface area (Å²) < 4.78 is 0. The van der Waals surface area contributed by atoms with Crippen molar-refractivity contribution in [3.05, 3.63) is 35.4 Å². The number of benzene rings is 1. The molecule has 1 N–H and O–H groups in total. The summed E-state index contributed by atoms with van der Waals surface area (Å²) >= 11 is 0. The summed E-state index contributed by atoms with van der Waals surface area (Å²) in [6.45, 7) is 5.98. The molecule has 0 amide bonds. The minimum Gasteiger partial charge on any atom is -0.480 e. The summed E-state index contributed by atoms with van der Waals surface area (Å²) in [5.74, 6) is -0.0927. The topological polar surface area (TPSA) is 40.5 Å². The van der Waals surface area contributed by atoms with E-state index in [0.29, 0.717) is 12.3 Å². The molecule has 2 rings (SSSR count). The van der Waals surface area contributed by atoms with Crippen molar-refractivity contribution in [2.24, 2.45) is 5.92 Å². The Labute approximate surface area is 108 Å². The summed E-state index contributed by atoms with van der Waals surface area (Å²) in [6.07, 6.45) is 1.68. The molecule has 3 heteroatoms. The van der Waals surface area contributed by atoms with Gasteiger partial charge in [-0.3, -0.25) is 9.69 Å². The third-order valence-electron chi connectivity index (χ3n) is 3.62. The minimum atomic E-state index is -0.701. The first-order valence-corrected chi connectivity index (χ1v) is 6.61. The van der Waals surface area contributed by atoms with Crippen LogP contribution in [0.5, 0.6) is 0 Å². The van der Waals surface area contributed by atoms with Gasteiger partial charge in [-0.25, -0.2) is 0 Å². The summed E-state index contributed by atoms with van der Waals surface area (Å²) in [4.78, 5) is 13.5. The second kappa shape index (κ2) is 5.53. The molecule has 0 fully saturated rings. The van der Waals surface area contributed by atoms with Crippen LogP contribution in [0.15, 0.2) is 24.3 Å². The summed E-state index contributed by atoms with van der Waals surface area (Å²) in [5.41, 5.74) is 2.46. The van der Waals surface area contributed by atoms with Crippen molar-refractivity contribution in [3.8, 4) is 0 Å². The molecule has 1 heterocycles. The van der Waals surface area contributed by atoms with E-state index >= 15 is 0 Å². The molecule has 0 aromatic heterocycles. The van der Waals surface area contributed by atoms with Crippen LogP contribution in [0.25, 0.3) is 0 Å². The summed E-state index contributed by atoms with van der Waals surface area (Å²) in [6, 6.07) is 7.81. The van der Waals surface area contributed by atoms with E-state index < -0.39 is 5.97 Å². The first-order valence-electron chi connectivity index (χ1n) is 6.61. The van der Waals surface area contributed by atoms with Gasteiger partial charge in [0, 0.05) is 6.54 Å². The first-order chi connectivity index (χ1) is 8.58. The Balaban J connectivity index is 2.15. The molecule has 1 aromatic rings. The van der Waals surface area contributed by atoms with Gasteiger partial charge in [0.25, 0.3) is 0 Å². The standard InChI is InChI=1S/C15H21NO2/c1-11(2)7-8-16-10-13-6-4-3-5-12(13)9-14(16)15(17)18/h3-6,11,14H,7-10H2,1-2H3,(H,17,18)/t14-/m0/s1. The van der Waals surface area contributed by atoms with Gasteiger partial charge in [0.1, 0.15) is 6.04 Å². The van der Waals surface area contributed by atoms with Crippen LogP contribution in [0.2, 0.25) is 0 Å². The van der Waals surface area contributed by atoms with E-state index in [1.165, 1.54) is 11.1 Å². The summed E-state index contributed by atoms with van der Waals surface area (Å²) in [5, 5.41) is 9.36. The Bertz CT molecular complexity index is 428. The van der Waals surface area contributed by atoms with Gasteiger partial charge in [0.2, 0.25) is 0 Å². The molecule has 0 spiro atoms. The molecular formula is C15H21NO2. The minimum absolute atomic E-state index is 0.362. The molecule has 1 aliphatic heterocycles. The smallest absolute Gasteiger partial charge is 0.321 e. The number of hydrogen-bond acceptors (Lipinski definition) is 2. The second-order valence-corrected chi connectivity index (χ2v) is 5.48. The number of carbonyl (C=O) groups is 1. The van der Waals surface area contributed by atoms with Crippen LogP contribution in [0.1, 0.15) is 31.4 Å². The van der Waals surface area contributed by atoms with Crippen LogP contribution in [-0.2, 0) is 17.8 Å². The zero-order chi connectivity index (χ0) is 13.1. The van der Waals surface area contributed by atoms with Crippen LogP contribution in [0.3, 0.4) is 0 Å². The van der Waals surface area contributed by atoms with Crippen molar-refractivity contribution in [1.29, 1.82) is 0 Å². The Kier molecular flexibility index (Phi) is 4.02. The first kappa shape index (κ1) is 13.1. The molecule has 0 saturated carbocycles. The van der Waals surface area contributed by atoms with Gasteiger partial charge < -0.3 is 5.11 Å². The fourth-order valence-corrected chi connectivity index (χ4v) is 2.48. The van der Waals surface area contributed by atoms with Crippen molar-refractivity contribution >= 4 is 5.97 Å². The van der Waals surface area contributed by atoms with Gasteiger partial charge in [0.15, 0.2) is 0 Å². The van der Waals surface area contributed by atoms with Gasteiger partial charge in [-0.15, -0.1) is 0 Å². The SMILES string of the molecule is CC(C)CCN1Cc2ccccc2C[C@H]1C(=O)O. The maximum absolute atomic E-state index is 11.4. The normalized spacial score (nSPS) is 19.8. The van der Waals surface area contributed by atoms with Crippen LogP contribution >= 0.6 is 0 Å². The molecule has 0 radical (unpaired) electrons. The third-order valence-corrected chi connectivity index (χ3v) is 3.62. The predicted molar refractivity (Wildman–Crippen MR) is 71.4 cm³/mol. The number of fused-ring (bicyclic) bond motifs is 1. The van der Waals surface area contributed by atoms with Gasteiger partial charge in [-0.05, 0) is 36.4 Å². The summed E-state index contributed by atoms with van der Waals surface area (Å²) in [7, 11) is 0. The predicted octanol–water partition coefficient (Wildman–Crippen LogP) is 2.54. The highest BCUT2D eigenvalue weighted by molar-refractivity contribution is 5.74. The van der Waals surface area contributed by atoms with E-state index in [1.54, 1.807) is 0 Å². The fraction of sp³-hybridized carbons (Fsp3) is 0.533. The quantitative estimate of drug-likeness (QED) is 0.889. The number of carboxylic acid groups (broad SMARTS) is 1. The lowest BCUT2D eigenvalue weighted by molar-refractivity contribution is -0.144. The van der Waals surface area contributed by atoms with Crippen molar-refractivity contribution in [3.63, 3.8) is 0 Å². The van der Waals surface area contributed by atoms with E-state index in [4.69, 9.17) is 0 Å². The number of aliphatic carboxylic acids is 1. The van der Waals surface area contributed by atoms with Gasteiger partial charge >= 0.3 is 5.97 Å². The van der Waals surface area contributed by atoms with Crippen molar-refractivity contribution in [1.82, 2.24) is 4.90 Å². The average Bonchev–Trinajstić information content (AvgIpc) is 2.35. The Morgan fingerprint density at radius 2 is 2.06 bits per heavy atom. The molecule has 98 valence electrons. The van der Waals surface area contributed by atoms with Crippen LogP contribution in [0.4, 0.5) is 0 Å². The lowest BCUT2D eigenvalue weighted by Crippen LogP contribution is -2.46. The number of hydrogen-bond donors (Lipinski definition) is 1. The van der Waals surface area contributed by atoms with Crippen molar-refractivity contribution < 1.29 is 9.90 Å². The number of rotatable bonds is 4. The molecule has 1 atom stereocenters. The third kappa shape index (κ3) is 2.91. The van der Waals surface area contributed by atoms with E-state index in [-0.39, 0.29) is 6.04 Å². The molecule has 0 unspecified atom stereocenters. The zero-order valence-electron chi connectivity index (χ0n) is 11.1. The molecule has 1 aliphatic rings. The van der Waals surface area contributed by atoms with E-state index in [0.717, 1.165) is 19.5 Å². The van der Waals surface area contributed by atoms with Crippen molar-refractivity contribution in [2.45, 2.75) is 39.3 Å². The molecular weight excluding hydrogens is 226 g/mol. The van der Waals surface area contributed by atoms with E-state index in [2.05, 4.69) is 24.8 Å². The highest BCUT2D eigenvalue weighted by Gasteiger charge is 2.30. The maximum atomic E-state index is 11.4. The number of nitrogens with zero attached hydrogens (tertiary/aromatic N) is 1. The van der Waals surface area contributed by atoms with Crippen LogP contribution < -0.4 is 0 Å². The molecule has 0 bridgehead atoms. The fourth-order valence-electron chi connectivity index (χ4n) is 2.48. The molecule has 0 aliphatic carbocycles. The van der Waals surface area contributed by atoms with Crippen molar-refractivity contribution in [2.75, 3.05) is 6.54 Å². The van der Waals surface area contributed by atoms with Gasteiger partial charge in [-0.2, -0.15) is 0 Å². The van der Waals surface area contributed by atoms with Gasteiger partial charge in [-0.1, -0.05) is 38.1 Å². The van der Waals surface area contributed by atoms with E-state index in [1.807, 2.05) is 18.2 Å². The molecule has 3 nitrogen and oxygen atoms in total. The Morgan fingerprint density at radius 1 is 1.39 bits per heavy atom. The maximum Gasteiger partial charge on any atom is 0.321 e. The molecule has 0 saturated heterocycles. The lowest BCUT2D eigenvalue weighted by Gasteiger charge is -2.34. The van der Waals surface area contributed by atoms with E-state index in [9.17, 15) is 9.90 Å². The van der Waals surface area contributed by atoms with Gasteiger partial charge in [0.05, 0.1) is 0 Å². The highest BCUT2D eigenvalue weighted by atomic mass is 16.4. The average molecular weight is 247 g/mol. The largest absolute Gasteiger partial charge is 0.480 e. The Morgan fingerprint density at radius 3 is 2.67 bits per heavy atom. The van der Waals surface area contributed by atoms with Crippen LogP contribution in [-0.4, -0.2) is 28.6 Å². The Hall–Kier alpha value is -1.35. The highest BCUT2D eigenvalue weighted by Crippen LogP contribution is 2.24. The lowest BCUT2D eigenvalue weighted by atomic mass is 9.93. The monoisotopic (exact) mass is 247 g/mol. The zero-order valence-corrected chi connectivity index (χ0v) is 11.1. The molecule has 1 aromatic carbocycles. The number of carboxylic acids is 1.